The molecule has 4 nitrogen and oxygen atoms in total. The molecule has 0 saturated carbocycles. The monoisotopic (exact) mass is 299 g/mol. The van der Waals surface area contributed by atoms with Crippen LogP contribution in [0.5, 0.6) is 0 Å². The van der Waals surface area contributed by atoms with Crippen molar-refractivity contribution in [1.29, 1.82) is 0 Å². The van der Waals surface area contributed by atoms with Crippen molar-refractivity contribution in [3.05, 3.63) is 77.8 Å². The zero-order chi connectivity index (χ0) is 15.9. The Morgan fingerprint density at radius 1 is 1.00 bits per heavy atom. The molecular formula is C17H14FNO3. The molecule has 1 N–H and O–H groups in total. The number of esters is 1. The topological polar surface area (TPSA) is 55.4 Å². The highest BCUT2D eigenvalue weighted by atomic mass is 19.1. The molecule has 2 aromatic rings. The van der Waals surface area contributed by atoms with Crippen LogP contribution in [0.15, 0.2) is 60.8 Å². The Bertz CT molecular complexity index is 691. The van der Waals surface area contributed by atoms with Gasteiger partial charge in [-0.25, -0.2) is 9.18 Å². The molecule has 0 bridgehead atoms. The number of nitrogens with one attached hydrogen (secondary N) is 1. The molecule has 0 amide bonds. The van der Waals surface area contributed by atoms with Crippen LogP contribution >= 0.6 is 0 Å². The van der Waals surface area contributed by atoms with Crippen molar-refractivity contribution in [2.45, 2.75) is 0 Å². The first kappa shape index (κ1) is 15.4. The largest absolute Gasteiger partial charge is 0.465 e. The molecule has 2 aromatic carbocycles. The van der Waals surface area contributed by atoms with Crippen LogP contribution in [-0.4, -0.2) is 18.9 Å². The Morgan fingerprint density at radius 3 is 2.18 bits per heavy atom. The fraction of sp³-hybridized carbons (Fsp3) is 0.0588. The number of halogens is 1. The van der Waals surface area contributed by atoms with E-state index in [4.69, 9.17) is 0 Å². The highest BCUT2D eigenvalue weighted by Gasteiger charge is 2.04. The number of hydrogen-bond donors (Lipinski definition) is 1. The lowest BCUT2D eigenvalue weighted by atomic mass is 10.1. The molecule has 0 aliphatic rings. The van der Waals surface area contributed by atoms with Crippen LogP contribution in [0.1, 0.15) is 20.7 Å². The van der Waals surface area contributed by atoms with Gasteiger partial charge in [0.2, 0.25) is 0 Å². The van der Waals surface area contributed by atoms with Gasteiger partial charge in [0, 0.05) is 23.5 Å². The van der Waals surface area contributed by atoms with Gasteiger partial charge < -0.3 is 10.1 Å². The van der Waals surface area contributed by atoms with Gasteiger partial charge >= 0.3 is 5.97 Å². The third kappa shape index (κ3) is 4.02. The summed E-state index contributed by atoms with van der Waals surface area (Å²) in [5.41, 5.74) is 1.57. The summed E-state index contributed by atoms with van der Waals surface area (Å²) < 4.78 is 17.4. The Morgan fingerprint density at radius 2 is 1.59 bits per heavy atom. The lowest BCUT2D eigenvalue weighted by molar-refractivity contribution is 0.0600. The third-order valence-corrected chi connectivity index (χ3v) is 2.92. The van der Waals surface area contributed by atoms with E-state index in [1.807, 2.05) is 0 Å². The van der Waals surface area contributed by atoms with E-state index in [2.05, 4.69) is 10.1 Å². The maximum Gasteiger partial charge on any atom is 0.337 e. The van der Waals surface area contributed by atoms with E-state index in [-0.39, 0.29) is 11.6 Å². The number of rotatable bonds is 5. The number of hydrogen-bond acceptors (Lipinski definition) is 4. The summed E-state index contributed by atoms with van der Waals surface area (Å²) in [7, 11) is 1.32. The number of allylic oxidation sites excluding steroid dienone is 1. The maximum absolute atomic E-state index is 12.8. The first-order valence-electron chi connectivity index (χ1n) is 6.51. The molecule has 0 radical (unpaired) electrons. The van der Waals surface area contributed by atoms with Crippen molar-refractivity contribution < 1.29 is 18.7 Å². The molecule has 0 atom stereocenters. The molecule has 0 aromatic heterocycles. The van der Waals surface area contributed by atoms with E-state index in [1.54, 1.807) is 24.3 Å². The smallest absolute Gasteiger partial charge is 0.337 e. The van der Waals surface area contributed by atoms with Gasteiger partial charge in [-0.05, 0) is 48.5 Å². The van der Waals surface area contributed by atoms with Gasteiger partial charge in [0.15, 0.2) is 5.78 Å². The second-order valence-corrected chi connectivity index (χ2v) is 4.42. The molecule has 0 saturated heterocycles. The minimum Gasteiger partial charge on any atom is -0.465 e. The molecule has 0 unspecified atom stereocenters. The Balaban J connectivity index is 1.95. The van der Waals surface area contributed by atoms with Gasteiger partial charge in [-0.1, -0.05) is 0 Å². The Labute approximate surface area is 127 Å². The van der Waals surface area contributed by atoms with Crippen LogP contribution in [0.4, 0.5) is 10.1 Å². The standard InChI is InChI=1S/C17H14FNO3/c1-22-17(21)13-4-8-15(9-5-13)19-11-10-16(20)12-2-6-14(18)7-3-12/h2-11,19H,1H3/b11-10-. The number of carbonyl (C=O) groups excluding carboxylic acids is 2. The van der Waals surface area contributed by atoms with Crippen LogP contribution < -0.4 is 5.32 Å². The average molecular weight is 299 g/mol. The van der Waals surface area contributed by atoms with Crippen molar-refractivity contribution in [1.82, 2.24) is 0 Å². The quantitative estimate of drug-likeness (QED) is 0.522. The molecule has 0 aliphatic carbocycles. The van der Waals surface area contributed by atoms with E-state index >= 15 is 0 Å². The molecule has 0 spiro atoms. The van der Waals surface area contributed by atoms with Gasteiger partial charge in [0.05, 0.1) is 12.7 Å². The molecule has 0 aliphatic heterocycles. The van der Waals surface area contributed by atoms with Crippen molar-refractivity contribution in [2.24, 2.45) is 0 Å². The van der Waals surface area contributed by atoms with Crippen LogP contribution in [0.2, 0.25) is 0 Å². The Hall–Kier alpha value is -2.95. The predicted octanol–water partition coefficient (Wildman–Crippen LogP) is 3.42. The second kappa shape index (κ2) is 7.17. The highest BCUT2D eigenvalue weighted by molar-refractivity contribution is 6.04. The molecule has 5 heteroatoms. The van der Waals surface area contributed by atoms with Crippen LogP contribution in [0.25, 0.3) is 0 Å². The number of ether oxygens (including phenoxy) is 1. The lowest BCUT2D eigenvalue weighted by Gasteiger charge is -2.02. The SMILES string of the molecule is COC(=O)c1ccc(N/C=C\C(=O)c2ccc(F)cc2)cc1. The van der Waals surface area contributed by atoms with Crippen molar-refractivity contribution >= 4 is 17.4 Å². The van der Waals surface area contributed by atoms with Gasteiger partial charge in [-0.2, -0.15) is 0 Å². The fourth-order valence-electron chi connectivity index (χ4n) is 1.74. The minimum absolute atomic E-state index is 0.237. The summed E-state index contributed by atoms with van der Waals surface area (Å²) in [6.45, 7) is 0. The van der Waals surface area contributed by atoms with Crippen molar-refractivity contribution in [3.8, 4) is 0 Å². The minimum atomic E-state index is -0.409. The van der Waals surface area contributed by atoms with Crippen LogP contribution in [0, 0.1) is 5.82 Å². The zero-order valence-electron chi connectivity index (χ0n) is 11.9. The van der Waals surface area contributed by atoms with Crippen LogP contribution in [-0.2, 0) is 4.74 Å². The normalized spacial score (nSPS) is 10.5. The summed E-state index contributed by atoms with van der Waals surface area (Å²) in [5.74, 6) is -1.03. The van der Waals surface area contributed by atoms with E-state index in [9.17, 15) is 14.0 Å². The number of benzene rings is 2. The molecule has 0 heterocycles. The maximum atomic E-state index is 12.8. The average Bonchev–Trinajstić information content (AvgIpc) is 2.55. The number of ketones is 1. The van der Waals surface area contributed by atoms with E-state index < -0.39 is 5.97 Å². The summed E-state index contributed by atoms with van der Waals surface area (Å²) in [6.07, 6.45) is 2.83. The number of anilines is 1. The highest BCUT2D eigenvalue weighted by Crippen LogP contribution is 2.10. The summed E-state index contributed by atoms with van der Waals surface area (Å²) in [6, 6.07) is 11.9. The molecule has 2 rings (SSSR count). The van der Waals surface area contributed by atoms with E-state index in [0.717, 1.165) is 5.69 Å². The number of methoxy groups -OCH3 is 1. The fourth-order valence-corrected chi connectivity index (χ4v) is 1.74. The number of carbonyl (C=O) groups is 2. The second-order valence-electron chi connectivity index (χ2n) is 4.42. The van der Waals surface area contributed by atoms with Gasteiger partial charge in [0.25, 0.3) is 0 Å². The zero-order valence-corrected chi connectivity index (χ0v) is 11.9. The summed E-state index contributed by atoms with van der Waals surface area (Å²) >= 11 is 0. The molecule has 22 heavy (non-hydrogen) atoms. The summed E-state index contributed by atoms with van der Waals surface area (Å²) in [5, 5.41) is 2.91. The third-order valence-electron chi connectivity index (χ3n) is 2.92. The molecular weight excluding hydrogens is 285 g/mol. The molecule has 112 valence electrons. The van der Waals surface area contributed by atoms with Gasteiger partial charge in [-0.15, -0.1) is 0 Å². The van der Waals surface area contributed by atoms with Gasteiger partial charge in [-0.3, -0.25) is 4.79 Å². The summed E-state index contributed by atoms with van der Waals surface area (Å²) in [4.78, 5) is 23.1. The molecule has 0 fully saturated rings. The van der Waals surface area contributed by atoms with E-state index in [0.29, 0.717) is 11.1 Å². The van der Waals surface area contributed by atoms with E-state index in [1.165, 1.54) is 43.7 Å². The van der Waals surface area contributed by atoms with Crippen molar-refractivity contribution in [2.75, 3.05) is 12.4 Å². The lowest BCUT2D eigenvalue weighted by Crippen LogP contribution is -2.01. The van der Waals surface area contributed by atoms with Crippen molar-refractivity contribution in [3.63, 3.8) is 0 Å². The van der Waals surface area contributed by atoms with Crippen LogP contribution in [0.3, 0.4) is 0 Å². The first-order chi connectivity index (χ1) is 10.6. The van der Waals surface area contributed by atoms with Gasteiger partial charge in [0.1, 0.15) is 5.82 Å². The Kier molecular flexibility index (Phi) is 5.03. The first-order valence-corrected chi connectivity index (χ1v) is 6.51. The predicted molar refractivity (Wildman–Crippen MR) is 81.3 cm³/mol.